The Morgan fingerprint density at radius 3 is 2.32 bits per heavy atom. The summed E-state index contributed by atoms with van der Waals surface area (Å²) in [6.45, 7) is 4.98. The zero-order chi connectivity index (χ0) is 27.8. The van der Waals surface area contributed by atoms with Crippen molar-refractivity contribution < 1.29 is 23.1 Å². The van der Waals surface area contributed by atoms with E-state index in [2.05, 4.69) is 4.72 Å². The summed E-state index contributed by atoms with van der Waals surface area (Å²) in [4.78, 5) is 28.1. The zero-order valence-corrected chi connectivity index (χ0v) is 24.1. The first kappa shape index (κ1) is 28.9. The Morgan fingerprint density at radius 1 is 1.11 bits per heavy atom. The number of aliphatic carboxylic acids is 1. The molecule has 1 unspecified atom stereocenters. The molecule has 0 spiro atoms. The highest BCUT2D eigenvalue weighted by Gasteiger charge is 2.54. The van der Waals surface area contributed by atoms with Gasteiger partial charge in [-0.3, -0.25) is 9.59 Å². The Kier molecular flexibility index (Phi) is 8.48. The highest BCUT2D eigenvalue weighted by molar-refractivity contribution is 7.90. The second-order valence-electron chi connectivity index (χ2n) is 11.1. The molecular weight excluding hydrogens is 547 g/mol. The van der Waals surface area contributed by atoms with E-state index < -0.39 is 38.7 Å². The molecule has 2 aliphatic rings. The minimum absolute atomic E-state index is 0.0619. The number of carboxylic acids is 1. The molecule has 1 aliphatic heterocycles. The van der Waals surface area contributed by atoms with Gasteiger partial charge in [0.2, 0.25) is 15.9 Å². The second kappa shape index (κ2) is 11.2. The molecule has 0 aromatic heterocycles. The van der Waals surface area contributed by atoms with E-state index in [-0.39, 0.29) is 30.7 Å². The Labute approximate surface area is 234 Å². The van der Waals surface area contributed by atoms with Crippen molar-refractivity contribution in [1.29, 1.82) is 0 Å². The number of rotatable bonds is 10. The van der Waals surface area contributed by atoms with Crippen LogP contribution in [0.25, 0.3) is 0 Å². The lowest BCUT2D eigenvalue weighted by Crippen LogP contribution is -2.59. The number of nitrogens with zero attached hydrogens (tertiary/aromatic N) is 1. The molecule has 1 heterocycles. The molecule has 1 saturated carbocycles. The first-order valence-electron chi connectivity index (χ1n) is 12.9. The number of carboxylic acid groups (broad SMARTS) is 1. The van der Waals surface area contributed by atoms with Crippen LogP contribution in [0.4, 0.5) is 0 Å². The molecule has 4 atom stereocenters. The van der Waals surface area contributed by atoms with Gasteiger partial charge >= 0.3 is 5.97 Å². The van der Waals surface area contributed by atoms with Gasteiger partial charge in [-0.05, 0) is 74.4 Å². The molecule has 0 radical (unpaired) electrons. The van der Waals surface area contributed by atoms with Crippen LogP contribution in [0.5, 0.6) is 0 Å². The van der Waals surface area contributed by atoms with Crippen LogP contribution in [-0.4, -0.2) is 48.1 Å². The number of benzene rings is 2. The normalized spacial score (nSPS) is 25.0. The quantitative estimate of drug-likeness (QED) is 0.378. The number of sulfonamides is 1. The van der Waals surface area contributed by atoms with Crippen molar-refractivity contribution in [3.8, 4) is 0 Å². The SMILES string of the molecule is CC(C)S(=O)(=O)NC[C@H](C1CC1)N1C(=O)[C@@](C)(CC(=O)O)CC(c2cccc(Cl)c2)[C@H]1c1ccc(Cl)cc1. The van der Waals surface area contributed by atoms with E-state index in [4.69, 9.17) is 23.2 Å². The van der Waals surface area contributed by atoms with E-state index >= 15 is 0 Å². The average molecular weight is 582 g/mol. The van der Waals surface area contributed by atoms with Crippen molar-refractivity contribution in [1.82, 2.24) is 9.62 Å². The summed E-state index contributed by atoms with van der Waals surface area (Å²) in [7, 11) is -3.58. The first-order valence-corrected chi connectivity index (χ1v) is 15.2. The van der Waals surface area contributed by atoms with Crippen molar-refractivity contribution in [2.45, 2.75) is 69.7 Å². The third-order valence-corrected chi connectivity index (χ3v) is 10.1. The van der Waals surface area contributed by atoms with E-state index in [0.29, 0.717) is 16.5 Å². The average Bonchev–Trinajstić information content (AvgIpc) is 3.67. The van der Waals surface area contributed by atoms with E-state index in [1.165, 1.54) is 0 Å². The van der Waals surface area contributed by atoms with Crippen LogP contribution >= 0.6 is 23.2 Å². The van der Waals surface area contributed by atoms with Gasteiger partial charge in [0.05, 0.1) is 23.1 Å². The largest absolute Gasteiger partial charge is 0.481 e. The number of likely N-dealkylation sites (tertiary alicyclic amines) is 1. The topological polar surface area (TPSA) is 104 Å². The Bertz CT molecular complexity index is 1300. The van der Waals surface area contributed by atoms with Crippen LogP contribution < -0.4 is 4.72 Å². The van der Waals surface area contributed by atoms with Crippen molar-refractivity contribution in [2.24, 2.45) is 11.3 Å². The van der Waals surface area contributed by atoms with Gasteiger partial charge in [-0.15, -0.1) is 0 Å². The van der Waals surface area contributed by atoms with E-state index in [1.807, 2.05) is 30.3 Å². The van der Waals surface area contributed by atoms with Crippen molar-refractivity contribution in [3.05, 3.63) is 69.7 Å². The maximum absolute atomic E-state index is 14.3. The monoisotopic (exact) mass is 580 g/mol. The number of hydrogen-bond acceptors (Lipinski definition) is 4. The number of hydrogen-bond donors (Lipinski definition) is 2. The predicted octanol–water partition coefficient (Wildman–Crippen LogP) is 5.64. The lowest BCUT2D eigenvalue weighted by molar-refractivity contribution is -0.161. The van der Waals surface area contributed by atoms with Crippen LogP contribution in [0.2, 0.25) is 10.0 Å². The molecule has 2 aromatic carbocycles. The summed E-state index contributed by atoms with van der Waals surface area (Å²) in [5.41, 5.74) is 0.553. The van der Waals surface area contributed by atoms with Crippen molar-refractivity contribution >= 4 is 45.1 Å². The fourth-order valence-corrected chi connectivity index (χ4v) is 6.65. The van der Waals surface area contributed by atoms with Gasteiger partial charge in [-0.25, -0.2) is 13.1 Å². The number of halogens is 2. The number of carbonyl (C=O) groups excluding carboxylic acids is 1. The fourth-order valence-electron chi connectivity index (χ4n) is 5.59. The minimum atomic E-state index is -3.58. The van der Waals surface area contributed by atoms with Crippen LogP contribution in [0.15, 0.2) is 48.5 Å². The summed E-state index contributed by atoms with van der Waals surface area (Å²) in [5.74, 6) is -1.51. The van der Waals surface area contributed by atoms with Gasteiger partial charge in [0, 0.05) is 28.5 Å². The Hall–Kier alpha value is -2.13. The molecule has 2 N–H and O–H groups in total. The number of amides is 1. The highest BCUT2D eigenvalue weighted by Crippen LogP contribution is 2.54. The van der Waals surface area contributed by atoms with Gasteiger partial charge in [-0.1, -0.05) is 54.4 Å². The van der Waals surface area contributed by atoms with Crippen molar-refractivity contribution in [2.75, 3.05) is 6.54 Å². The lowest BCUT2D eigenvalue weighted by atomic mass is 9.67. The number of piperidine rings is 1. The Balaban J connectivity index is 1.88. The maximum Gasteiger partial charge on any atom is 0.304 e. The predicted molar refractivity (Wildman–Crippen MR) is 149 cm³/mol. The molecule has 7 nitrogen and oxygen atoms in total. The third kappa shape index (κ3) is 6.19. The molecule has 2 fully saturated rings. The van der Waals surface area contributed by atoms with Crippen LogP contribution in [0.3, 0.4) is 0 Å². The molecule has 0 bridgehead atoms. The molecule has 2 aromatic rings. The molecule has 38 heavy (non-hydrogen) atoms. The third-order valence-electron chi connectivity index (χ3n) is 7.77. The van der Waals surface area contributed by atoms with E-state index in [0.717, 1.165) is 24.0 Å². The molecule has 1 saturated heterocycles. The van der Waals surface area contributed by atoms with Crippen LogP contribution in [-0.2, 0) is 19.6 Å². The minimum Gasteiger partial charge on any atom is -0.481 e. The van der Waals surface area contributed by atoms with Gasteiger partial charge in [0.25, 0.3) is 0 Å². The first-order chi connectivity index (χ1) is 17.8. The molecular formula is C28H34Cl2N2O5S. The summed E-state index contributed by atoms with van der Waals surface area (Å²) >= 11 is 12.6. The van der Waals surface area contributed by atoms with E-state index in [9.17, 15) is 23.1 Å². The van der Waals surface area contributed by atoms with Gasteiger partial charge < -0.3 is 10.0 Å². The van der Waals surface area contributed by atoms with Crippen molar-refractivity contribution in [3.63, 3.8) is 0 Å². The molecule has 206 valence electrons. The lowest BCUT2D eigenvalue weighted by Gasteiger charge is -2.52. The van der Waals surface area contributed by atoms with Gasteiger partial charge in [0.1, 0.15) is 0 Å². The van der Waals surface area contributed by atoms with Crippen LogP contribution in [0, 0.1) is 11.3 Å². The fraction of sp³-hybridized carbons (Fsp3) is 0.500. The standard InChI is InChI=1S/C28H34Cl2N2O5S/c1-17(2)38(36,37)31-16-24(18-7-8-18)32-26(19-9-11-21(29)12-10-19)23(20-5-4-6-22(30)13-20)14-28(3,27(32)35)15-25(33)34/h4-6,9-13,17-18,23-24,26,31H,7-8,14-16H2,1-3H3,(H,33,34)/t23?,24-,26-,28-/m1/s1. The summed E-state index contributed by atoms with van der Waals surface area (Å²) in [5, 5.41) is 10.3. The van der Waals surface area contributed by atoms with E-state index in [1.54, 1.807) is 43.9 Å². The Morgan fingerprint density at radius 2 is 1.76 bits per heavy atom. The highest BCUT2D eigenvalue weighted by atomic mass is 35.5. The van der Waals surface area contributed by atoms with Gasteiger partial charge in [0.15, 0.2) is 0 Å². The summed E-state index contributed by atoms with van der Waals surface area (Å²) in [6.07, 6.45) is 1.70. The van der Waals surface area contributed by atoms with Gasteiger partial charge in [-0.2, -0.15) is 0 Å². The summed E-state index contributed by atoms with van der Waals surface area (Å²) in [6, 6.07) is 13.8. The molecule has 1 amide bonds. The number of carbonyl (C=O) groups is 2. The zero-order valence-electron chi connectivity index (χ0n) is 21.7. The van der Waals surface area contributed by atoms with Crippen LogP contribution in [0.1, 0.15) is 69.5 Å². The summed E-state index contributed by atoms with van der Waals surface area (Å²) < 4.78 is 28.1. The maximum atomic E-state index is 14.3. The number of nitrogens with one attached hydrogen (secondary N) is 1. The molecule has 4 rings (SSSR count). The molecule has 10 heteroatoms. The second-order valence-corrected chi connectivity index (χ2v) is 14.2. The smallest absolute Gasteiger partial charge is 0.304 e. The molecule has 1 aliphatic carbocycles.